The lowest BCUT2D eigenvalue weighted by atomic mass is 9.92. The van der Waals surface area contributed by atoms with E-state index in [0.717, 1.165) is 11.6 Å². The molecule has 2 aromatic carbocycles. The van der Waals surface area contributed by atoms with Gasteiger partial charge in [-0.2, -0.15) is 0 Å². The minimum absolute atomic E-state index is 0.104. The van der Waals surface area contributed by atoms with E-state index in [-0.39, 0.29) is 5.92 Å². The first-order valence-corrected chi connectivity index (χ1v) is 8.12. The van der Waals surface area contributed by atoms with Crippen molar-refractivity contribution in [1.82, 2.24) is 0 Å². The van der Waals surface area contributed by atoms with Gasteiger partial charge in [0.15, 0.2) is 23.1 Å². The minimum atomic E-state index is -0.854. The Labute approximate surface area is 141 Å². The van der Waals surface area contributed by atoms with Gasteiger partial charge in [-0.1, -0.05) is 12.1 Å². The lowest BCUT2D eigenvalue weighted by Crippen LogP contribution is -2.15. The van der Waals surface area contributed by atoms with Crippen molar-refractivity contribution in [2.24, 2.45) is 5.73 Å². The molecule has 1 atom stereocenters. The molecule has 0 aliphatic rings. The molecule has 0 spiro atoms. The van der Waals surface area contributed by atoms with Crippen LogP contribution >= 0.6 is 0 Å². The van der Waals surface area contributed by atoms with Crippen LogP contribution in [0, 0.1) is 11.6 Å². The SMILES string of the molecule is CCOc1ccc(CC(CN)c2ccc(F)c(F)c2)cc1OCC. The van der Waals surface area contributed by atoms with Crippen LogP contribution in [0.4, 0.5) is 8.78 Å². The van der Waals surface area contributed by atoms with Gasteiger partial charge in [0.2, 0.25) is 0 Å². The van der Waals surface area contributed by atoms with Gasteiger partial charge in [0.1, 0.15) is 0 Å². The third kappa shape index (κ3) is 4.45. The summed E-state index contributed by atoms with van der Waals surface area (Å²) >= 11 is 0. The number of hydrogen-bond acceptors (Lipinski definition) is 3. The molecule has 3 nitrogen and oxygen atoms in total. The molecule has 0 saturated carbocycles. The number of ether oxygens (including phenoxy) is 2. The van der Waals surface area contributed by atoms with Gasteiger partial charge in [-0.05, 0) is 62.2 Å². The van der Waals surface area contributed by atoms with E-state index in [2.05, 4.69) is 0 Å². The maximum atomic E-state index is 13.5. The molecular formula is C19H23F2NO2. The standard InChI is InChI=1S/C19H23F2NO2/c1-3-23-18-8-5-13(10-19(18)24-4-2)9-15(12-22)14-6-7-16(20)17(21)11-14/h5-8,10-11,15H,3-4,9,12,22H2,1-2H3. The summed E-state index contributed by atoms with van der Waals surface area (Å²) in [5, 5.41) is 0. The predicted molar refractivity (Wildman–Crippen MR) is 90.6 cm³/mol. The van der Waals surface area contributed by atoms with Gasteiger partial charge in [0, 0.05) is 5.92 Å². The van der Waals surface area contributed by atoms with E-state index in [1.165, 1.54) is 6.07 Å². The lowest BCUT2D eigenvalue weighted by Gasteiger charge is -2.17. The van der Waals surface area contributed by atoms with E-state index >= 15 is 0 Å². The molecule has 0 aliphatic heterocycles. The summed E-state index contributed by atoms with van der Waals surface area (Å²) in [4.78, 5) is 0. The quantitative estimate of drug-likeness (QED) is 0.791. The largest absolute Gasteiger partial charge is 0.490 e. The summed E-state index contributed by atoms with van der Waals surface area (Å²) < 4.78 is 37.7. The molecule has 0 aliphatic carbocycles. The molecule has 2 N–H and O–H groups in total. The van der Waals surface area contributed by atoms with Crippen LogP contribution in [0.25, 0.3) is 0 Å². The molecule has 0 heterocycles. The average molecular weight is 335 g/mol. The van der Waals surface area contributed by atoms with Crippen LogP contribution in [0.1, 0.15) is 30.9 Å². The predicted octanol–water partition coefficient (Wildman–Crippen LogP) is 4.05. The van der Waals surface area contributed by atoms with Crippen LogP contribution in [0.5, 0.6) is 11.5 Å². The molecule has 0 amide bonds. The van der Waals surface area contributed by atoms with E-state index in [0.29, 0.717) is 43.2 Å². The van der Waals surface area contributed by atoms with Crippen molar-refractivity contribution in [2.45, 2.75) is 26.2 Å². The topological polar surface area (TPSA) is 44.5 Å². The molecule has 0 aromatic heterocycles. The first-order chi connectivity index (χ1) is 11.6. The summed E-state index contributed by atoms with van der Waals surface area (Å²) in [6.07, 6.45) is 0.605. The van der Waals surface area contributed by atoms with E-state index in [1.807, 2.05) is 32.0 Å². The Kier molecular flexibility index (Phi) is 6.55. The summed E-state index contributed by atoms with van der Waals surface area (Å²) in [6, 6.07) is 9.64. The lowest BCUT2D eigenvalue weighted by molar-refractivity contribution is 0.287. The van der Waals surface area contributed by atoms with Gasteiger partial charge in [0.05, 0.1) is 13.2 Å². The molecule has 2 aromatic rings. The second kappa shape index (κ2) is 8.64. The van der Waals surface area contributed by atoms with E-state index < -0.39 is 11.6 Å². The molecule has 0 fully saturated rings. The number of nitrogens with two attached hydrogens (primary N) is 1. The van der Waals surface area contributed by atoms with Crippen molar-refractivity contribution >= 4 is 0 Å². The van der Waals surface area contributed by atoms with Crippen LogP contribution in [0.2, 0.25) is 0 Å². The fourth-order valence-electron chi connectivity index (χ4n) is 2.61. The van der Waals surface area contributed by atoms with Crippen molar-refractivity contribution in [2.75, 3.05) is 19.8 Å². The van der Waals surface area contributed by atoms with Gasteiger partial charge in [0.25, 0.3) is 0 Å². The average Bonchev–Trinajstić information content (AvgIpc) is 2.58. The zero-order chi connectivity index (χ0) is 17.5. The van der Waals surface area contributed by atoms with Crippen LogP contribution in [0.15, 0.2) is 36.4 Å². The number of benzene rings is 2. The third-order valence-corrected chi connectivity index (χ3v) is 3.79. The van der Waals surface area contributed by atoms with E-state index in [4.69, 9.17) is 15.2 Å². The van der Waals surface area contributed by atoms with Crippen LogP contribution in [-0.4, -0.2) is 19.8 Å². The zero-order valence-corrected chi connectivity index (χ0v) is 14.0. The molecule has 0 bridgehead atoms. The Hall–Kier alpha value is -2.14. The fraction of sp³-hybridized carbons (Fsp3) is 0.368. The Bertz CT molecular complexity index is 676. The van der Waals surface area contributed by atoms with Crippen molar-refractivity contribution < 1.29 is 18.3 Å². The normalized spacial score (nSPS) is 12.0. The molecule has 24 heavy (non-hydrogen) atoms. The van der Waals surface area contributed by atoms with Crippen molar-refractivity contribution in [3.8, 4) is 11.5 Å². The first-order valence-electron chi connectivity index (χ1n) is 8.12. The van der Waals surface area contributed by atoms with Gasteiger partial charge in [-0.25, -0.2) is 8.78 Å². The van der Waals surface area contributed by atoms with Gasteiger partial charge >= 0.3 is 0 Å². The Morgan fingerprint density at radius 1 is 0.917 bits per heavy atom. The summed E-state index contributed by atoms with van der Waals surface area (Å²) in [6.45, 7) is 5.25. The van der Waals surface area contributed by atoms with E-state index in [9.17, 15) is 8.78 Å². The van der Waals surface area contributed by atoms with E-state index in [1.54, 1.807) is 6.07 Å². The smallest absolute Gasteiger partial charge is 0.161 e. The highest BCUT2D eigenvalue weighted by atomic mass is 19.2. The van der Waals surface area contributed by atoms with Gasteiger partial charge in [-0.15, -0.1) is 0 Å². The first kappa shape index (κ1) is 18.2. The van der Waals surface area contributed by atoms with Gasteiger partial charge in [-0.3, -0.25) is 0 Å². The fourth-order valence-corrected chi connectivity index (χ4v) is 2.61. The Morgan fingerprint density at radius 3 is 2.25 bits per heavy atom. The second-order valence-electron chi connectivity index (χ2n) is 5.46. The highest BCUT2D eigenvalue weighted by molar-refractivity contribution is 5.43. The molecule has 0 saturated heterocycles. The monoisotopic (exact) mass is 335 g/mol. The van der Waals surface area contributed by atoms with Crippen molar-refractivity contribution in [1.29, 1.82) is 0 Å². The molecule has 1 unspecified atom stereocenters. The Morgan fingerprint density at radius 2 is 1.62 bits per heavy atom. The molecular weight excluding hydrogens is 312 g/mol. The van der Waals surface area contributed by atoms with Crippen LogP contribution < -0.4 is 15.2 Å². The highest BCUT2D eigenvalue weighted by Gasteiger charge is 2.15. The summed E-state index contributed by atoms with van der Waals surface area (Å²) in [5.74, 6) is -0.437. The maximum Gasteiger partial charge on any atom is 0.161 e. The van der Waals surface area contributed by atoms with Crippen LogP contribution in [0.3, 0.4) is 0 Å². The third-order valence-electron chi connectivity index (χ3n) is 3.79. The molecule has 0 radical (unpaired) electrons. The van der Waals surface area contributed by atoms with Crippen LogP contribution in [-0.2, 0) is 6.42 Å². The zero-order valence-electron chi connectivity index (χ0n) is 14.0. The highest BCUT2D eigenvalue weighted by Crippen LogP contribution is 2.31. The molecule has 2 rings (SSSR count). The maximum absolute atomic E-state index is 13.5. The second-order valence-corrected chi connectivity index (χ2v) is 5.46. The molecule has 130 valence electrons. The number of rotatable bonds is 8. The van der Waals surface area contributed by atoms with Gasteiger partial charge < -0.3 is 15.2 Å². The Balaban J connectivity index is 2.23. The summed E-state index contributed by atoms with van der Waals surface area (Å²) in [7, 11) is 0. The van der Waals surface area contributed by atoms with Crippen molar-refractivity contribution in [3.63, 3.8) is 0 Å². The number of hydrogen-bond donors (Lipinski definition) is 1. The minimum Gasteiger partial charge on any atom is -0.490 e. The van der Waals surface area contributed by atoms with Crippen molar-refractivity contribution in [3.05, 3.63) is 59.2 Å². The summed E-state index contributed by atoms with van der Waals surface area (Å²) in [5.41, 5.74) is 7.53. The number of halogens is 2. The molecule has 5 heteroatoms.